The van der Waals surface area contributed by atoms with Crippen molar-refractivity contribution in [2.45, 2.75) is 50.6 Å². The average molecular weight is 475 g/mol. The first-order chi connectivity index (χ1) is 16.7. The van der Waals surface area contributed by atoms with E-state index in [9.17, 15) is 9.90 Å². The molecule has 1 aliphatic carbocycles. The Morgan fingerprint density at radius 1 is 1.31 bits per heavy atom. The van der Waals surface area contributed by atoms with E-state index in [0.717, 1.165) is 35.2 Å². The number of aromatic hydroxyl groups is 1. The molecule has 2 aliphatic rings. The van der Waals surface area contributed by atoms with Crippen LogP contribution in [0.4, 0.5) is 10.5 Å². The summed E-state index contributed by atoms with van der Waals surface area (Å²) in [6, 6.07) is 10.5. The number of methoxy groups -OCH3 is 1. The van der Waals surface area contributed by atoms with E-state index in [4.69, 9.17) is 10.5 Å². The molecule has 7 nitrogen and oxygen atoms in total. The van der Waals surface area contributed by atoms with Gasteiger partial charge in [0.1, 0.15) is 11.5 Å². The second-order valence-electron chi connectivity index (χ2n) is 9.60. The van der Waals surface area contributed by atoms with Gasteiger partial charge >= 0.3 is 6.03 Å². The van der Waals surface area contributed by atoms with Gasteiger partial charge in [0.05, 0.1) is 19.2 Å². The maximum absolute atomic E-state index is 13.5. The molecule has 0 saturated carbocycles. The molecule has 184 valence electrons. The maximum atomic E-state index is 13.5. The molecular weight excluding hydrogens is 440 g/mol. The Morgan fingerprint density at radius 2 is 2.06 bits per heavy atom. The standard InChI is InChI=1S/C28H34N4O3/c1-5-28(2,3)22-15-21(26(35-4)17-25(22)33)24-16-23(18-11-13-19(29)14-12-18)31-32(24)27(34)30-20-9-7-6-8-10-20/h5-7,9,11-15,17,23-24,31,33H,1,8,10,16,29H2,2-4H3,(H,30,34). The number of allylic oxidation sites excluding steroid dienone is 5. The lowest BCUT2D eigenvalue weighted by molar-refractivity contribution is 0.167. The highest BCUT2D eigenvalue weighted by atomic mass is 16.5. The van der Waals surface area contributed by atoms with Gasteiger partial charge in [0.25, 0.3) is 0 Å². The molecule has 0 radical (unpaired) electrons. The van der Waals surface area contributed by atoms with E-state index in [0.29, 0.717) is 17.9 Å². The first-order valence-corrected chi connectivity index (χ1v) is 11.9. The Hall–Kier alpha value is -3.71. The SMILES string of the molecule is C=CC(C)(C)c1cc(C2CC(c3ccc(N)cc3)NN2C(=O)NC2=CC=CCC2)c(OC)cc1O. The number of carbonyl (C=O) groups is 1. The fourth-order valence-corrected chi connectivity index (χ4v) is 4.60. The Balaban J connectivity index is 1.75. The van der Waals surface area contributed by atoms with Crippen molar-refractivity contribution in [3.05, 3.63) is 89.7 Å². The van der Waals surface area contributed by atoms with Crippen molar-refractivity contribution in [2.75, 3.05) is 12.8 Å². The number of hydrazine groups is 1. The molecule has 0 spiro atoms. The van der Waals surface area contributed by atoms with Gasteiger partial charge in [-0.2, -0.15) is 0 Å². The van der Waals surface area contributed by atoms with Gasteiger partial charge < -0.3 is 20.9 Å². The van der Waals surface area contributed by atoms with Crippen molar-refractivity contribution in [1.29, 1.82) is 0 Å². The highest BCUT2D eigenvalue weighted by Crippen LogP contribution is 2.45. The number of amides is 2. The number of nitrogen functional groups attached to an aromatic ring is 1. The lowest BCUT2D eigenvalue weighted by Gasteiger charge is -2.29. The van der Waals surface area contributed by atoms with E-state index < -0.39 is 5.41 Å². The second-order valence-corrected chi connectivity index (χ2v) is 9.60. The van der Waals surface area contributed by atoms with Crippen LogP contribution in [0.15, 0.2) is 73.0 Å². The summed E-state index contributed by atoms with van der Waals surface area (Å²) in [5, 5.41) is 15.4. The molecule has 2 atom stereocenters. The lowest BCUT2D eigenvalue weighted by Crippen LogP contribution is -2.45. The molecule has 0 bridgehead atoms. The molecule has 2 unspecified atom stereocenters. The summed E-state index contributed by atoms with van der Waals surface area (Å²) in [5.74, 6) is 0.653. The number of hydrogen-bond acceptors (Lipinski definition) is 5. The van der Waals surface area contributed by atoms with E-state index in [1.807, 2.05) is 56.3 Å². The largest absolute Gasteiger partial charge is 0.507 e. The molecule has 1 heterocycles. The number of hydrogen-bond donors (Lipinski definition) is 4. The van der Waals surface area contributed by atoms with Gasteiger partial charge in [-0.25, -0.2) is 10.2 Å². The van der Waals surface area contributed by atoms with Gasteiger partial charge in [-0.15, -0.1) is 6.58 Å². The third-order valence-electron chi connectivity index (χ3n) is 6.82. The van der Waals surface area contributed by atoms with Crippen LogP contribution in [0.1, 0.15) is 61.9 Å². The van der Waals surface area contributed by atoms with Crippen molar-refractivity contribution < 1.29 is 14.6 Å². The molecule has 1 saturated heterocycles. The van der Waals surface area contributed by atoms with Crippen molar-refractivity contribution in [2.24, 2.45) is 0 Å². The lowest BCUT2D eigenvalue weighted by atomic mass is 9.82. The van der Waals surface area contributed by atoms with Crippen molar-refractivity contribution in [3.8, 4) is 11.5 Å². The average Bonchev–Trinajstić information content (AvgIpc) is 3.30. The fourth-order valence-electron chi connectivity index (χ4n) is 4.60. The highest BCUT2D eigenvalue weighted by molar-refractivity contribution is 5.77. The van der Waals surface area contributed by atoms with Crippen LogP contribution in [-0.4, -0.2) is 23.3 Å². The van der Waals surface area contributed by atoms with Crippen molar-refractivity contribution in [1.82, 2.24) is 15.8 Å². The number of ether oxygens (including phenoxy) is 1. The van der Waals surface area contributed by atoms with E-state index in [1.165, 1.54) is 0 Å². The van der Waals surface area contributed by atoms with Crippen LogP contribution in [0.2, 0.25) is 0 Å². The molecule has 5 N–H and O–H groups in total. The zero-order valence-electron chi connectivity index (χ0n) is 20.5. The third kappa shape index (κ3) is 5.05. The molecule has 35 heavy (non-hydrogen) atoms. The summed E-state index contributed by atoms with van der Waals surface area (Å²) < 4.78 is 5.67. The van der Waals surface area contributed by atoms with E-state index >= 15 is 0 Å². The molecule has 4 rings (SSSR count). The summed E-state index contributed by atoms with van der Waals surface area (Å²) in [7, 11) is 1.57. The highest BCUT2D eigenvalue weighted by Gasteiger charge is 2.39. The second kappa shape index (κ2) is 9.88. The quantitative estimate of drug-likeness (QED) is 0.333. The Labute approximate surface area is 206 Å². The molecule has 2 aromatic carbocycles. The number of nitrogens with one attached hydrogen (secondary N) is 2. The van der Waals surface area contributed by atoms with Gasteiger partial charge in [-0.05, 0) is 49.1 Å². The molecular formula is C28H34N4O3. The Bertz CT molecular complexity index is 1170. The molecule has 1 fully saturated rings. The Morgan fingerprint density at radius 3 is 2.69 bits per heavy atom. The predicted octanol–water partition coefficient (Wildman–Crippen LogP) is 5.38. The van der Waals surface area contributed by atoms with Gasteiger partial charge in [-0.3, -0.25) is 5.01 Å². The zero-order chi connectivity index (χ0) is 25.2. The van der Waals surface area contributed by atoms with Crippen LogP contribution in [0.25, 0.3) is 0 Å². The van der Waals surface area contributed by atoms with Crippen LogP contribution in [0, 0.1) is 0 Å². The minimum Gasteiger partial charge on any atom is -0.507 e. The number of rotatable bonds is 6. The summed E-state index contributed by atoms with van der Waals surface area (Å²) in [6.45, 7) is 7.91. The normalized spacial score (nSPS) is 19.9. The van der Waals surface area contributed by atoms with Gasteiger partial charge in [0.2, 0.25) is 0 Å². The summed E-state index contributed by atoms with van der Waals surface area (Å²) in [6.07, 6.45) is 10.0. The summed E-state index contributed by atoms with van der Waals surface area (Å²) >= 11 is 0. The molecule has 0 aromatic heterocycles. The topological polar surface area (TPSA) is 99.9 Å². The van der Waals surface area contributed by atoms with E-state index in [-0.39, 0.29) is 23.9 Å². The van der Waals surface area contributed by atoms with Gasteiger partial charge in [0, 0.05) is 34.0 Å². The molecule has 7 heteroatoms. The first kappa shape index (κ1) is 24.4. The fraction of sp³-hybridized carbons (Fsp3) is 0.321. The van der Waals surface area contributed by atoms with Crippen molar-refractivity contribution >= 4 is 11.7 Å². The van der Waals surface area contributed by atoms with Crippen molar-refractivity contribution in [3.63, 3.8) is 0 Å². The van der Waals surface area contributed by atoms with Crippen LogP contribution in [-0.2, 0) is 5.41 Å². The van der Waals surface area contributed by atoms with Gasteiger partial charge in [-0.1, -0.05) is 44.2 Å². The molecule has 2 aromatic rings. The summed E-state index contributed by atoms with van der Waals surface area (Å²) in [5.41, 5.74) is 12.9. The number of anilines is 1. The third-order valence-corrected chi connectivity index (χ3v) is 6.82. The number of phenols is 1. The molecule has 1 aliphatic heterocycles. The number of nitrogens with two attached hydrogens (primary N) is 1. The Kier molecular flexibility index (Phi) is 6.89. The van der Waals surface area contributed by atoms with Crippen LogP contribution in [0.5, 0.6) is 11.5 Å². The van der Waals surface area contributed by atoms with Crippen LogP contribution < -0.4 is 21.2 Å². The molecule has 2 amide bonds. The minimum absolute atomic E-state index is 0.110. The monoisotopic (exact) mass is 474 g/mol. The maximum Gasteiger partial charge on any atom is 0.336 e. The van der Waals surface area contributed by atoms with E-state index in [2.05, 4.69) is 23.4 Å². The predicted molar refractivity (Wildman–Crippen MR) is 139 cm³/mol. The number of urea groups is 1. The number of benzene rings is 2. The van der Waals surface area contributed by atoms with E-state index in [1.54, 1.807) is 24.3 Å². The smallest absolute Gasteiger partial charge is 0.336 e. The van der Waals surface area contributed by atoms with Crippen LogP contribution >= 0.6 is 0 Å². The number of nitrogens with zero attached hydrogens (tertiary/aromatic N) is 1. The van der Waals surface area contributed by atoms with Gasteiger partial charge in [0.15, 0.2) is 0 Å². The zero-order valence-corrected chi connectivity index (χ0v) is 20.5. The van der Waals surface area contributed by atoms with Crippen LogP contribution in [0.3, 0.4) is 0 Å². The summed E-state index contributed by atoms with van der Waals surface area (Å²) in [4.78, 5) is 13.5. The number of carbonyl (C=O) groups excluding carboxylic acids is 1. The minimum atomic E-state index is -0.472. The number of phenolic OH excluding ortho intramolecular Hbond substituents is 1. The first-order valence-electron chi connectivity index (χ1n) is 11.9.